The Balaban J connectivity index is 1.31. The van der Waals surface area contributed by atoms with Crippen LogP contribution in [0.3, 0.4) is 0 Å². The largest absolute Gasteiger partial charge is 0.297 e. The molecule has 3 aromatic rings. The molecule has 2 aromatic heterocycles. The van der Waals surface area contributed by atoms with Crippen molar-refractivity contribution in [2.75, 3.05) is 26.2 Å². The maximum Gasteiger partial charge on any atom is 0.123 e. The first-order chi connectivity index (χ1) is 11.8. The Morgan fingerprint density at radius 1 is 0.875 bits per heavy atom. The minimum absolute atomic E-state index is 0.170. The maximum absolute atomic E-state index is 13.0. The molecule has 0 bridgehead atoms. The van der Waals surface area contributed by atoms with Crippen molar-refractivity contribution in [1.29, 1.82) is 0 Å². The molecule has 4 rings (SSSR count). The lowest BCUT2D eigenvalue weighted by atomic mass is 10.2. The molecule has 0 unspecified atom stereocenters. The number of piperazine rings is 1. The van der Waals surface area contributed by atoms with Gasteiger partial charge in [-0.1, -0.05) is 18.2 Å². The Labute approximate surface area is 141 Å². The lowest BCUT2D eigenvalue weighted by Crippen LogP contribution is -2.45. The summed E-state index contributed by atoms with van der Waals surface area (Å²) in [5.74, 6) is -0.170. The number of nitrogens with zero attached hydrogens (tertiary/aromatic N) is 4. The SMILES string of the molecule is [18F]c1ccc(CN2CCN(Cc3cc4ccccn4n3)CC2)cc1. The first-order valence-electron chi connectivity index (χ1n) is 8.39. The molecule has 3 heterocycles. The van der Waals surface area contributed by atoms with E-state index in [9.17, 15) is 4.39 Å². The second-order valence-electron chi connectivity index (χ2n) is 6.38. The summed E-state index contributed by atoms with van der Waals surface area (Å²) in [4.78, 5) is 4.87. The standard InChI is InChI=1S/C19H21FN4/c20-17-6-4-16(5-7-17)14-22-9-11-23(12-10-22)15-18-13-19-3-1-2-8-24(19)21-18/h1-8,13H,9-12,14-15H2/i20-1. The van der Waals surface area contributed by atoms with Gasteiger partial charge in [0.1, 0.15) is 5.82 Å². The van der Waals surface area contributed by atoms with Crippen LogP contribution in [0, 0.1) is 5.82 Å². The molecule has 0 radical (unpaired) electrons. The van der Waals surface area contributed by atoms with Crippen molar-refractivity contribution in [3.8, 4) is 0 Å². The summed E-state index contributed by atoms with van der Waals surface area (Å²) in [5.41, 5.74) is 3.43. The fourth-order valence-corrected chi connectivity index (χ4v) is 3.25. The van der Waals surface area contributed by atoms with Crippen LogP contribution < -0.4 is 0 Å². The summed E-state index contributed by atoms with van der Waals surface area (Å²) in [6, 6.07) is 15.1. The summed E-state index contributed by atoms with van der Waals surface area (Å²) in [5, 5.41) is 4.63. The predicted octanol–water partition coefficient (Wildman–Crippen LogP) is 2.79. The van der Waals surface area contributed by atoms with Crippen molar-refractivity contribution in [3.05, 3.63) is 71.8 Å². The van der Waals surface area contributed by atoms with E-state index in [0.717, 1.165) is 50.5 Å². The number of fused-ring (bicyclic) bond motifs is 1. The van der Waals surface area contributed by atoms with Crippen LogP contribution in [0.4, 0.5) is 4.39 Å². The first kappa shape index (κ1) is 15.3. The first-order valence-corrected chi connectivity index (χ1v) is 8.39. The van der Waals surface area contributed by atoms with Gasteiger partial charge in [0.25, 0.3) is 0 Å². The molecule has 5 heteroatoms. The fraction of sp³-hybridized carbons (Fsp3) is 0.316. The van der Waals surface area contributed by atoms with Crippen LogP contribution in [0.2, 0.25) is 0 Å². The van der Waals surface area contributed by atoms with Gasteiger partial charge >= 0.3 is 0 Å². The molecule has 0 N–H and O–H groups in total. The monoisotopic (exact) mass is 323 g/mol. The van der Waals surface area contributed by atoms with Gasteiger partial charge in [-0.15, -0.1) is 0 Å². The number of aromatic nitrogens is 2. The number of hydrogen-bond acceptors (Lipinski definition) is 3. The van der Waals surface area contributed by atoms with Crippen LogP contribution in [0.1, 0.15) is 11.3 Å². The summed E-state index contributed by atoms with van der Waals surface area (Å²) in [6.45, 7) is 5.92. The zero-order valence-corrected chi connectivity index (χ0v) is 13.6. The van der Waals surface area contributed by atoms with Crippen LogP contribution in [0.5, 0.6) is 0 Å². The highest BCUT2D eigenvalue weighted by atomic mass is 18.2. The normalized spacial score (nSPS) is 16.7. The highest BCUT2D eigenvalue weighted by Gasteiger charge is 2.18. The molecule has 1 fully saturated rings. The quantitative estimate of drug-likeness (QED) is 0.738. The van der Waals surface area contributed by atoms with E-state index in [1.54, 1.807) is 0 Å². The maximum atomic E-state index is 13.0. The molecular weight excluding hydrogens is 302 g/mol. The molecule has 0 amide bonds. The van der Waals surface area contributed by atoms with E-state index < -0.39 is 0 Å². The summed E-state index contributed by atoms with van der Waals surface area (Å²) in [6.07, 6.45) is 1.99. The van der Waals surface area contributed by atoms with Crippen molar-refractivity contribution < 1.29 is 4.39 Å². The van der Waals surface area contributed by atoms with Crippen LogP contribution >= 0.6 is 0 Å². The zero-order chi connectivity index (χ0) is 16.4. The van der Waals surface area contributed by atoms with Gasteiger partial charge in [-0.2, -0.15) is 5.10 Å². The average molecular weight is 323 g/mol. The van der Waals surface area contributed by atoms with Crippen LogP contribution in [0.25, 0.3) is 5.52 Å². The van der Waals surface area contributed by atoms with Gasteiger partial charge in [-0.05, 0) is 35.9 Å². The third-order valence-corrected chi connectivity index (χ3v) is 4.59. The Bertz CT molecular complexity index is 771. The van der Waals surface area contributed by atoms with Crippen LogP contribution in [0.15, 0.2) is 54.7 Å². The number of halogens is 1. The van der Waals surface area contributed by atoms with Gasteiger partial charge in [0.2, 0.25) is 0 Å². The average Bonchev–Trinajstić information content (AvgIpc) is 3.01. The van der Waals surface area contributed by atoms with E-state index in [1.165, 1.54) is 17.7 Å². The molecule has 1 aliphatic rings. The van der Waals surface area contributed by atoms with E-state index in [4.69, 9.17) is 0 Å². The number of hydrogen-bond donors (Lipinski definition) is 0. The van der Waals surface area contributed by atoms with Crippen molar-refractivity contribution in [2.24, 2.45) is 0 Å². The van der Waals surface area contributed by atoms with Crippen molar-refractivity contribution >= 4 is 5.52 Å². The summed E-state index contributed by atoms with van der Waals surface area (Å²) < 4.78 is 14.9. The number of benzene rings is 1. The van der Waals surface area contributed by atoms with E-state index >= 15 is 0 Å². The molecule has 0 saturated carbocycles. The van der Waals surface area contributed by atoms with Gasteiger partial charge in [0.05, 0.1) is 11.2 Å². The van der Waals surface area contributed by atoms with Gasteiger partial charge in [-0.25, -0.2) is 8.91 Å². The Morgan fingerprint density at radius 3 is 2.29 bits per heavy atom. The number of rotatable bonds is 4. The molecular formula is C19H21FN4. The van der Waals surface area contributed by atoms with E-state index in [-0.39, 0.29) is 5.82 Å². The fourth-order valence-electron chi connectivity index (χ4n) is 3.25. The minimum atomic E-state index is -0.170. The highest BCUT2D eigenvalue weighted by molar-refractivity contribution is 5.46. The second-order valence-corrected chi connectivity index (χ2v) is 6.38. The van der Waals surface area contributed by atoms with E-state index in [2.05, 4.69) is 27.0 Å². The predicted molar refractivity (Wildman–Crippen MR) is 92.1 cm³/mol. The second kappa shape index (κ2) is 6.71. The van der Waals surface area contributed by atoms with E-state index in [0.29, 0.717) is 0 Å². The summed E-state index contributed by atoms with van der Waals surface area (Å²) >= 11 is 0. The van der Waals surface area contributed by atoms with Crippen LogP contribution in [-0.4, -0.2) is 45.6 Å². The molecule has 1 saturated heterocycles. The molecule has 0 spiro atoms. The van der Waals surface area contributed by atoms with Gasteiger partial charge in [0, 0.05) is 45.5 Å². The molecule has 4 nitrogen and oxygen atoms in total. The van der Waals surface area contributed by atoms with Gasteiger partial charge in [0.15, 0.2) is 0 Å². The van der Waals surface area contributed by atoms with Crippen molar-refractivity contribution in [3.63, 3.8) is 0 Å². The third-order valence-electron chi connectivity index (χ3n) is 4.59. The lowest BCUT2D eigenvalue weighted by Gasteiger charge is -2.34. The molecule has 24 heavy (non-hydrogen) atoms. The molecule has 1 aromatic carbocycles. The Hall–Kier alpha value is -2.24. The molecule has 0 atom stereocenters. The third kappa shape index (κ3) is 3.47. The Morgan fingerprint density at radius 2 is 1.58 bits per heavy atom. The molecule has 124 valence electrons. The summed E-state index contributed by atoms with van der Waals surface area (Å²) in [7, 11) is 0. The minimum Gasteiger partial charge on any atom is -0.297 e. The molecule has 0 aliphatic carbocycles. The van der Waals surface area contributed by atoms with Crippen LogP contribution in [-0.2, 0) is 13.1 Å². The van der Waals surface area contributed by atoms with Gasteiger partial charge < -0.3 is 0 Å². The van der Waals surface area contributed by atoms with Crippen molar-refractivity contribution in [1.82, 2.24) is 19.4 Å². The highest BCUT2D eigenvalue weighted by Crippen LogP contribution is 2.13. The lowest BCUT2D eigenvalue weighted by molar-refractivity contribution is 0.121. The zero-order valence-electron chi connectivity index (χ0n) is 13.6. The van der Waals surface area contributed by atoms with Crippen molar-refractivity contribution in [2.45, 2.75) is 13.1 Å². The topological polar surface area (TPSA) is 23.8 Å². The smallest absolute Gasteiger partial charge is 0.123 e. The number of pyridine rings is 1. The molecule has 1 aliphatic heterocycles. The Kier molecular flexibility index (Phi) is 4.28. The van der Waals surface area contributed by atoms with E-state index in [1.807, 2.05) is 35.0 Å². The van der Waals surface area contributed by atoms with Gasteiger partial charge in [-0.3, -0.25) is 9.80 Å².